The summed E-state index contributed by atoms with van der Waals surface area (Å²) < 4.78 is 5.39. The third-order valence-corrected chi connectivity index (χ3v) is 4.73. The number of hydrogen-bond acceptors (Lipinski definition) is 4. The van der Waals surface area contributed by atoms with E-state index in [0.717, 1.165) is 24.8 Å². The Hall–Kier alpha value is -1.10. The fourth-order valence-corrected chi connectivity index (χ4v) is 3.04. The van der Waals surface area contributed by atoms with Crippen LogP contribution in [0.1, 0.15) is 36.5 Å². The molecule has 0 spiro atoms. The molecule has 2 N–H and O–H groups in total. The molecule has 0 amide bonds. The highest BCUT2D eigenvalue weighted by atomic mass is 35.5. The number of hydrogen-bond donors (Lipinski definition) is 1. The molecule has 106 valence electrons. The van der Waals surface area contributed by atoms with E-state index in [-0.39, 0.29) is 5.41 Å². The van der Waals surface area contributed by atoms with Crippen LogP contribution in [0.15, 0.2) is 22.7 Å². The molecule has 1 aromatic carbocycles. The molecule has 0 bridgehead atoms. The van der Waals surface area contributed by atoms with Gasteiger partial charge in [-0.25, -0.2) is 0 Å². The lowest BCUT2D eigenvalue weighted by atomic mass is 9.69. The van der Waals surface area contributed by atoms with Crippen molar-refractivity contribution < 1.29 is 4.52 Å². The predicted octanol–water partition coefficient (Wildman–Crippen LogP) is 3.35. The number of nitrogens with zero attached hydrogens (tertiary/aromatic N) is 2. The zero-order valence-electron chi connectivity index (χ0n) is 10.9. The summed E-state index contributed by atoms with van der Waals surface area (Å²) in [5.41, 5.74) is 6.54. The lowest BCUT2D eigenvalue weighted by Gasteiger charge is -2.36. The first-order chi connectivity index (χ1) is 9.64. The zero-order chi connectivity index (χ0) is 14.2. The molecular formula is C14H15Cl2N3O. The molecule has 1 fully saturated rings. The molecule has 1 aromatic heterocycles. The van der Waals surface area contributed by atoms with E-state index < -0.39 is 0 Å². The molecule has 0 saturated heterocycles. The van der Waals surface area contributed by atoms with E-state index in [4.69, 9.17) is 33.5 Å². The molecule has 1 heterocycles. The van der Waals surface area contributed by atoms with Crippen LogP contribution in [0.3, 0.4) is 0 Å². The average Bonchev–Trinajstić information content (AvgIpc) is 2.82. The van der Waals surface area contributed by atoms with Gasteiger partial charge in [-0.2, -0.15) is 4.98 Å². The molecule has 0 atom stereocenters. The lowest BCUT2D eigenvalue weighted by Crippen LogP contribution is -2.41. The second kappa shape index (κ2) is 5.35. The number of halogens is 2. The smallest absolute Gasteiger partial charge is 0.234 e. The average molecular weight is 312 g/mol. The standard InChI is InChI=1S/C14H15Cl2N3O/c15-10-3-1-4-11(16)9(10)7-12-18-13(20-19-12)14(8-17)5-2-6-14/h1,3-4H,2,5-8,17H2. The Morgan fingerprint density at radius 3 is 2.50 bits per heavy atom. The highest BCUT2D eigenvalue weighted by molar-refractivity contribution is 6.36. The number of nitrogens with two attached hydrogens (primary N) is 1. The van der Waals surface area contributed by atoms with Gasteiger partial charge in [-0.3, -0.25) is 0 Å². The van der Waals surface area contributed by atoms with Crippen molar-refractivity contribution in [2.24, 2.45) is 5.73 Å². The van der Waals surface area contributed by atoms with Gasteiger partial charge in [0.25, 0.3) is 0 Å². The molecule has 6 heteroatoms. The summed E-state index contributed by atoms with van der Waals surface area (Å²) in [5.74, 6) is 1.24. The summed E-state index contributed by atoms with van der Waals surface area (Å²) >= 11 is 12.3. The van der Waals surface area contributed by atoms with Crippen LogP contribution in [-0.2, 0) is 11.8 Å². The molecule has 1 aliphatic rings. The van der Waals surface area contributed by atoms with E-state index in [2.05, 4.69) is 10.1 Å². The van der Waals surface area contributed by atoms with Gasteiger partial charge in [-0.15, -0.1) is 0 Å². The fourth-order valence-electron chi connectivity index (χ4n) is 2.51. The maximum Gasteiger partial charge on any atom is 0.234 e. The third-order valence-electron chi connectivity index (χ3n) is 4.02. The first kappa shape index (κ1) is 13.9. The summed E-state index contributed by atoms with van der Waals surface area (Å²) in [6, 6.07) is 5.42. The SMILES string of the molecule is NCC1(c2nc(Cc3c(Cl)cccc3Cl)no2)CCC1. The van der Waals surface area contributed by atoms with Gasteiger partial charge in [0.15, 0.2) is 5.82 Å². The summed E-state index contributed by atoms with van der Waals surface area (Å²) in [7, 11) is 0. The van der Waals surface area contributed by atoms with E-state index in [0.29, 0.717) is 34.7 Å². The molecule has 3 rings (SSSR count). The van der Waals surface area contributed by atoms with Crippen molar-refractivity contribution in [1.82, 2.24) is 10.1 Å². The predicted molar refractivity (Wildman–Crippen MR) is 78.1 cm³/mol. The molecule has 1 aliphatic carbocycles. The van der Waals surface area contributed by atoms with Gasteiger partial charge >= 0.3 is 0 Å². The molecule has 0 aliphatic heterocycles. The van der Waals surface area contributed by atoms with Crippen molar-refractivity contribution in [2.45, 2.75) is 31.1 Å². The number of benzene rings is 1. The minimum Gasteiger partial charge on any atom is -0.339 e. The Bertz CT molecular complexity index is 597. The first-order valence-corrected chi connectivity index (χ1v) is 7.36. The maximum absolute atomic E-state index is 6.15. The Morgan fingerprint density at radius 1 is 1.25 bits per heavy atom. The first-order valence-electron chi connectivity index (χ1n) is 6.61. The summed E-state index contributed by atoms with van der Waals surface area (Å²) in [6.45, 7) is 0.543. The Morgan fingerprint density at radius 2 is 1.95 bits per heavy atom. The van der Waals surface area contributed by atoms with Crippen molar-refractivity contribution in [1.29, 1.82) is 0 Å². The maximum atomic E-state index is 6.15. The Balaban J connectivity index is 1.84. The van der Waals surface area contributed by atoms with E-state index in [1.165, 1.54) is 0 Å². The van der Waals surface area contributed by atoms with E-state index in [1.54, 1.807) is 12.1 Å². The third kappa shape index (κ3) is 2.32. The quantitative estimate of drug-likeness (QED) is 0.940. The van der Waals surface area contributed by atoms with E-state index >= 15 is 0 Å². The molecule has 1 saturated carbocycles. The van der Waals surface area contributed by atoms with Crippen LogP contribution in [0.25, 0.3) is 0 Å². The van der Waals surface area contributed by atoms with Gasteiger partial charge in [0, 0.05) is 23.0 Å². The topological polar surface area (TPSA) is 64.9 Å². The van der Waals surface area contributed by atoms with Crippen LogP contribution >= 0.6 is 23.2 Å². The Labute approximate surface area is 127 Å². The Kier molecular flexibility index (Phi) is 3.71. The summed E-state index contributed by atoms with van der Waals surface area (Å²) in [4.78, 5) is 4.48. The fraction of sp³-hybridized carbons (Fsp3) is 0.429. The monoisotopic (exact) mass is 311 g/mol. The van der Waals surface area contributed by atoms with Crippen LogP contribution in [0.2, 0.25) is 10.0 Å². The highest BCUT2D eigenvalue weighted by Gasteiger charge is 2.42. The molecule has 2 aromatic rings. The van der Waals surface area contributed by atoms with Crippen LogP contribution in [-0.4, -0.2) is 16.7 Å². The molecule has 4 nitrogen and oxygen atoms in total. The van der Waals surface area contributed by atoms with Crippen LogP contribution in [0.5, 0.6) is 0 Å². The number of rotatable bonds is 4. The van der Waals surface area contributed by atoms with Gasteiger partial charge in [-0.05, 0) is 30.5 Å². The highest BCUT2D eigenvalue weighted by Crippen LogP contribution is 2.42. The normalized spacial score (nSPS) is 16.9. The number of aromatic nitrogens is 2. The largest absolute Gasteiger partial charge is 0.339 e. The van der Waals surface area contributed by atoms with E-state index in [9.17, 15) is 0 Å². The summed E-state index contributed by atoms with van der Waals surface area (Å²) in [6.07, 6.45) is 3.64. The van der Waals surface area contributed by atoms with Crippen molar-refractivity contribution in [3.63, 3.8) is 0 Å². The van der Waals surface area contributed by atoms with Crippen molar-refractivity contribution in [3.8, 4) is 0 Å². The zero-order valence-corrected chi connectivity index (χ0v) is 12.4. The second-order valence-electron chi connectivity index (χ2n) is 5.23. The molecule has 20 heavy (non-hydrogen) atoms. The summed E-state index contributed by atoms with van der Waals surface area (Å²) in [5, 5.41) is 5.25. The van der Waals surface area contributed by atoms with Crippen LogP contribution in [0.4, 0.5) is 0 Å². The van der Waals surface area contributed by atoms with Crippen LogP contribution < -0.4 is 5.73 Å². The molecular weight excluding hydrogens is 297 g/mol. The van der Waals surface area contributed by atoms with Gasteiger partial charge in [0.1, 0.15) is 0 Å². The van der Waals surface area contributed by atoms with Gasteiger partial charge in [-0.1, -0.05) is 40.8 Å². The van der Waals surface area contributed by atoms with Gasteiger partial charge in [0.2, 0.25) is 5.89 Å². The lowest BCUT2D eigenvalue weighted by molar-refractivity contribution is 0.181. The van der Waals surface area contributed by atoms with E-state index in [1.807, 2.05) is 6.07 Å². The minimum absolute atomic E-state index is 0.116. The molecule has 0 radical (unpaired) electrons. The second-order valence-corrected chi connectivity index (χ2v) is 6.05. The van der Waals surface area contributed by atoms with Crippen molar-refractivity contribution in [2.75, 3.05) is 6.54 Å². The van der Waals surface area contributed by atoms with Gasteiger partial charge in [0.05, 0.1) is 5.41 Å². The van der Waals surface area contributed by atoms with Crippen molar-refractivity contribution in [3.05, 3.63) is 45.5 Å². The van der Waals surface area contributed by atoms with Crippen LogP contribution in [0, 0.1) is 0 Å². The van der Waals surface area contributed by atoms with Crippen molar-refractivity contribution >= 4 is 23.2 Å². The molecule has 0 unspecified atom stereocenters. The minimum atomic E-state index is -0.116. The van der Waals surface area contributed by atoms with Gasteiger partial charge < -0.3 is 10.3 Å².